The Labute approximate surface area is 293 Å². The van der Waals surface area contributed by atoms with Crippen molar-refractivity contribution in [3.8, 4) is 0 Å². The zero-order valence-corrected chi connectivity index (χ0v) is 27.8. The van der Waals surface area contributed by atoms with E-state index in [4.69, 9.17) is 4.42 Å². The highest BCUT2D eigenvalue weighted by atomic mass is 32.1. The van der Waals surface area contributed by atoms with E-state index in [9.17, 15) is 0 Å². The lowest BCUT2D eigenvalue weighted by atomic mass is 10.0. The van der Waals surface area contributed by atoms with E-state index in [1.165, 1.54) is 30.9 Å². The summed E-state index contributed by atoms with van der Waals surface area (Å²) in [7, 11) is 0. The molecule has 3 nitrogen and oxygen atoms in total. The average molecular weight is 659 g/mol. The predicted molar refractivity (Wildman–Crippen MR) is 213 cm³/mol. The minimum absolute atomic E-state index is 0.855. The van der Waals surface area contributed by atoms with Crippen LogP contribution in [0.25, 0.3) is 52.9 Å². The van der Waals surface area contributed by atoms with Crippen LogP contribution in [0.2, 0.25) is 0 Å². The minimum atomic E-state index is 0.855. The molecular weight excluding hydrogens is 629 g/mol. The van der Waals surface area contributed by atoms with Gasteiger partial charge in [-0.1, -0.05) is 97.1 Å². The summed E-state index contributed by atoms with van der Waals surface area (Å²) in [5.41, 5.74) is 8.29. The Morgan fingerprint density at radius 2 is 0.900 bits per heavy atom. The molecule has 0 N–H and O–H groups in total. The maximum atomic E-state index is 6.62. The summed E-state index contributed by atoms with van der Waals surface area (Å²) in [5, 5.41) is 7.22. The summed E-state index contributed by atoms with van der Waals surface area (Å²) in [4.78, 5) is 4.66. The largest absolute Gasteiger partial charge is 0.456 e. The SMILES string of the molecule is c1ccc(N(c2ccccc2)c2ccc3oc4cc(N(c5ccccc5)c5cc6c7ccccc7sc6c6ccccc56)ccc4c3c2)cc1. The highest BCUT2D eigenvalue weighted by Crippen LogP contribution is 2.47. The van der Waals surface area contributed by atoms with Crippen LogP contribution < -0.4 is 9.80 Å². The number of furan rings is 1. The molecule has 4 heteroatoms. The molecule has 0 aliphatic carbocycles. The number of para-hydroxylation sites is 3. The van der Waals surface area contributed by atoms with Crippen molar-refractivity contribution in [2.45, 2.75) is 0 Å². The lowest BCUT2D eigenvalue weighted by Gasteiger charge is -2.27. The number of benzene rings is 8. The van der Waals surface area contributed by atoms with E-state index in [2.05, 4.69) is 192 Å². The van der Waals surface area contributed by atoms with Crippen molar-refractivity contribution in [2.24, 2.45) is 0 Å². The standard InChI is InChI=1S/C46H30N2OS/c1-4-14-31(15-5-1)47(32-16-6-2-7-17-32)34-25-27-43-40(28-34)37-26-24-35(29-44(37)49-43)48(33-18-8-3-9-19-33)42-30-41-38-21-12-13-23-45(38)50-46(41)39-22-11-10-20-36(39)42/h1-30H. The van der Waals surface area contributed by atoms with Crippen LogP contribution in [0.3, 0.4) is 0 Å². The number of rotatable bonds is 6. The second kappa shape index (κ2) is 11.7. The van der Waals surface area contributed by atoms with E-state index in [0.717, 1.165) is 56.1 Å². The van der Waals surface area contributed by atoms with E-state index in [1.807, 2.05) is 11.3 Å². The highest BCUT2D eigenvalue weighted by molar-refractivity contribution is 7.26. The second-order valence-electron chi connectivity index (χ2n) is 12.6. The molecule has 0 atom stereocenters. The third-order valence-corrected chi connectivity index (χ3v) is 10.8. The summed E-state index contributed by atoms with van der Waals surface area (Å²) in [5.74, 6) is 0. The Morgan fingerprint density at radius 3 is 1.60 bits per heavy atom. The molecule has 50 heavy (non-hydrogen) atoms. The maximum absolute atomic E-state index is 6.62. The van der Waals surface area contributed by atoms with Gasteiger partial charge in [0.2, 0.25) is 0 Å². The Morgan fingerprint density at radius 1 is 0.340 bits per heavy atom. The molecule has 0 saturated heterocycles. The first-order chi connectivity index (χ1) is 24.8. The number of anilines is 6. The van der Waals surface area contributed by atoms with Gasteiger partial charge in [0.1, 0.15) is 11.2 Å². The number of hydrogen-bond donors (Lipinski definition) is 0. The van der Waals surface area contributed by atoms with Crippen molar-refractivity contribution in [3.05, 3.63) is 182 Å². The molecule has 10 rings (SSSR count). The van der Waals surface area contributed by atoms with Gasteiger partial charge in [-0.2, -0.15) is 0 Å². The lowest BCUT2D eigenvalue weighted by molar-refractivity contribution is 0.669. The Bertz CT molecular complexity index is 2780. The number of thiophene rings is 1. The summed E-state index contributed by atoms with van der Waals surface area (Å²) in [6.45, 7) is 0. The number of hydrogen-bond acceptors (Lipinski definition) is 4. The van der Waals surface area contributed by atoms with Crippen molar-refractivity contribution < 1.29 is 4.42 Å². The molecule has 236 valence electrons. The van der Waals surface area contributed by atoms with Gasteiger partial charge in [0.15, 0.2) is 0 Å². The predicted octanol–water partition coefficient (Wildman–Crippen LogP) is 14.0. The van der Waals surface area contributed by atoms with Crippen molar-refractivity contribution >= 4 is 98.3 Å². The van der Waals surface area contributed by atoms with Gasteiger partial charge in [-0.3, -0.25) is 0 Å². The molecule has 0 unspecified atom stereocenters. The van der Waals surface area contributed by atoms with Gasteiger partial charge in [0.05, 0.1) is 5.69 Å². The zero-order valence-electron chi connectivity index (χ0n) is 27.0. The first kappa shape index (κ1) is 28.6. The smallest absolute Gasteiger partial charge is 0.137 e. The van der Waals surface area contributed by atoms with E-state index < -0.39 is 0 Å². The molecule has 10 aromatic rings. The molecule has 0 spiro atoms. The molecule has 0 saturated carbocycles. The van der Waals surface area contributed by atoms with Gasteiger partial charge in [-0.25, -0.2) is 0 Å². The van der Waals surface area contributed by atoms with Gasteiger partial charge in [0, 0.05) is 76.2 Å². The van der Waals surface area contributed by atoms with Gasteiger partial charge in [-0.05, 0) is 78.9 Å². The van der Waals surface area contributed by atoms with Gasteiger partial charge >= 0.3 is 0 Å². The van der Waals surface area contributed by atoms with Crippen LogP contribution in [-0.2, 0) is 0 Å². The van der Waals surface area contributed by atoms with Gasteiger partial charge < -0.3 is 14.2 Å². The maximum Gasteiger partial charge on any atom is 0.137 e. The first-order valence-corrected chi connectivity index (χ1v) is 17.7. The van der Waals surface area contributed by atoms with Crippen LogP contribution in [0.5, 0.6) is 0 Å². The van der Waals surface area contributed by atoms with Crippen molar-refractivity contribution in [3.63, 3.8) is 0 Å². The normalized spacial score (nSPS) is 11.6. The molecule has 2 aromatic heterocycles. The van der Waals surface area contributed by atoms with Crippen LogP contribution in [0.1, 0.15) is 0 Å². The first-order valence-electron chi connectivity index (χ1n) is 16.8. The van der Waals surface area contributed by atoms with Gasteiger partial charge in [-0.15, -0.1) is 11.3 Å². The Kier molecular flexibility index (Phi) is 6.68. The Balaban J connectivity index is 1.16. The fourth-order valence-corrected chi connectivity index (χ4v) is 8.57. The fraction of sp³-hybridized carbons (Fsp3) is 0. The molecule has 0 aliphatic rings. The van der Waals surface area contributed by atoms with E-state index >= 15 is 0 Å². The van der Waals surface area contributed by atoms with Crippen LogP contribution in [0, 0.1) is 0 Å². The molecule has 2 heterocycles. The monoisotopic (exact) mass is 658 g/mol. The number of nitrogens with zero attached hydrogens (tertiary/aromatic N) is 2. The van der Waals surface area contributed by atoms with Crippen molar-refractivity contribution in [1.29, 1.82) is 0 Å². The molecule has 0 bridgehead atoms. The Hall–Kier alpha value is -6.36. The molecule has 0 radical (unpaired) electrons. The zero-order chi connectivity index (χ0) is 33.0. The number of fused-ring (bicyclic) bond motifs is 8. The van der Waals surface area contributed by atoms with Crippen molar-refractivity contribution in [1.82, 2.24) is 0 Å². The van der Waals surface area contributed by atoms with E-state index in [0.29, 0.717) is 0 Å². The van der Waals surface area contributed by atoms with Crippen LogP contribution in [0.4, 0.5) is 34.1 Å². The molecule has 0 amide bonds. The summed E-state index contributed by atoms with van der Waals surface area (Å²) < 4.78 is 9.25. The third kappa shape index (κ3) is 4.65. The van der Waals surface area contributed by atoms with E-state index in [1.54, 1.807) is 0 Å². The third-order valence-electron chi connectivity index (χ3n) is 9.60. The second-order valence-corrected chi connectivity index (χ2v) is 13.6. The van der Waals surface area contributed by atoms with Gasteiger partial charge in [0.25, 0.3) is 0 Å². The van der Waals surface area contributed by atoms with Crippen molar-refractivity contribution in [2.75, 3.05) is 9.80 Å². The van der Waals surface area contributed by atoms with Crippen LogP contribution >= 0.6 is 11.3 Å². The fourth-order valence-electron chi connectivity index (χ4n) is 7.35. The summed E-state index contributed by atoms with van der Waals surface area (Å²) in [6.07, 6.45) is 0. The minimum Gasteiger partial charge on any atom is -0.456 e. The summed E-state index contributed by atoms with van der Waals surface area (Å²) in [6, 6.07) is 64.7. The quantitative estimate of drug-likeness (QED) is 0.177. The molecule has 0 fully saturated rings. The lowest BCUT2D eigenvalue weighted by Crippen LogP contribution is -2.10. The molecular formula is C46H30N2OS. The van der Waals surface area contributed by atoms with Crippen LogP contribution in [-0.4, -0.2) is 0 Å². The topological polar surface area (TPSA) is 19.6 Å². The van der Waals surface area contributed by atoms with E-state index in [-0.39, 0.29) is 0 Å². The molecule has 8 aromatic carbocycles. The molecule has 0 aliphatic heterocycles. The summed E-state index contributed by atoms with van der Waals surface area (Å²) >= 11 is 1.87. The average Bonchev–Trinajstić information content (AvgIpc) is 3.74. The highest BCUT2D eigenvalue weighted by Gasteiger charge is 2.21. The van der Waals surface area contributed by atoms with Crippen LogP contribution in [0.15, 0.2) is 186 Å².